The standard InChI is InChI=1S/C18H22F3N3O2/c1-18(2,3)26-17(25)23-15-9-24(5-4-11(15)19)16-7-10-6-12(20)13(21)8-14(10)22-16/h6,8,11,15H,4-5,7,9H2,1-3H3,(H,23,25)/t11-,15+/m0/s1. The van der Waals surface area contributed by atoms with Crippen LogP contribution in [0, 0.1) is 11.6 Å². The first-order chi connectivity index (χ1) is 12.1. The third-order valence-corrected chi connectivity index (χ3v) is 4.32. The first-order valence-electron chi connectivity index (χ1n) is 8.56. The Bertz CT molecular complexity index is 746. The van der Waals surface area contributed by atoms with E-state index in [1.165, 1.54) is 0 Å². The molecule has 1 amide bonds. The molecule has 0 aromatic heterocycles. The Labute approximate surface area is 150 Å². The summed E-state index contributed by atoms with van der Waals surface area (Å²) in [5, 5.41) is 2.57. The van der Waals surface area contributed by atoms with Gasteiger partial charge in [0.2, 0.25) is 0 Å². The zero-order valence-electron chi connectivity index (χ0n) is 15.0. The number of hydrogen-bond acceptors (Lipinski definition) is 4. The summed E-state index contributed by atoms with van der Waals surface area (Å²) in [6.07, 6.45) is -1.30. The maximum atomic E-state index is 14.2. The Hall–Kier alpha value is -2.25. The Morgan fingerprint density at radius 2 is 2.00 bits per heavy atom. The van der Waals surface area contributed by atoms with Crippen LogP contribution < -0.4 is 5.32 Å². The third kappa shape index (κ3) is 4.11. The number of likely N-dealkylation sites (tertiary alicyclic amines) is 1. The van der Waals surface area contributed by atoms with Crippen LogP contribution in [0.5, 0.6) is 0 Å². The first kappa shape index (κ1) is 18.5. The molecule has 8 heteroatoms. The number of alkyl halides is 1. The average molecular weight is 369 g/mol. The predicted molar refractivity (Wildman–Crippen MR) is 91.4 cm³/mol. The van der Waals surface area contributed by atoms with E-state index in [2.05, 4.69) is 10.3 Å². The summed E-state index contributed by atoms with van der Waals surface area (Å²) in [7, 11) is 0. The molecule has 26 heavy (non-hydrogen) atoms. The summed E-state index contributed by atoms with van der Waals surface area (Å²) in [5.41, 5.74) is 0.311. The minimum Gasteiger partial charge on any atom is -0.444 e. The van der Waals surface area contributed by atoms with Crippen molar-refractivity contribution in [3.05, 3.63) is 29.3 Å². The lowest BCUT2D eigenvalue weighted by molar-refractivity contribution is 0.0431. The topological polar surface area (TPSA) is 53.9 Å². The fourth-order valence-electron chi connectivity index (χ4n) is 3.11. The number of aliphatic imine (C=N–C) groups is 1. The van der Waals surface area contributed by atoms with E-state index in [-0.39, 0.29) is 13.0 Å². The van der Waals surface area contributed by atoms with E-state index in [1.807, 2.05) is 4.90 Å². The maximum Gasteiger partial charge on any atom is 0.408 e. The van der Waals surface area contributed by atoms with Crippen molar-refractivity contribution in [2.24, 2.45) is 4.99 Å². The van der Waals surface area contributed by atoms with Crippen LogP contribution >= 0.6 is 0 Å². The van der Waals surface area contributed by atoms with Crippen LogP contribution in [0.25, 0.3) is 0 Å². The van der Waals surface area contributed by atoms with E-state index in [9.17, 15) is 18.0 Å². The first-order valence-corrected chi connectivity index (χ1v) is 8.56. The molecule has 2 atom stereocenters. The highest BCUT2D eigenvalue weighted by Crippen LogP contribution is 2.31. The molecule has 1 aromatic rings. The minimum atomic E-state index is -1.20. The molecule has 142 valence electrons. The summed E-state index contributed by atoms with van der Waals surface area (Å²) >= 11 is 0. The van der Waals surface area contributed by atoms with Crippen LogP contribution in [-0.4, -0.2) is 47.7 Å². The second-order valence-electron chi connectivity index (χ2n) is 7.60. The lowest BCUT2D eigenvalue weighted by Gasteiger charge is -2.36. The molecule has 0 spiro atoms. The van der Waals surface area contributed by atoms with Crippen LogP contribution in [0.15, 0.2) is 17.1 Å². The van der Waals surface area contributed by atoms with E-state index in [0.717, 1.165) is 12.1 Å². The van der Waals surface area contributed by atoms with E-state index < -0.39 is 35.5 Å². The quantitative estimate of drug-likeness (QED) is 0.825. The van der Waals surface area contributed by atoms with Gasteiger partial charge in [-0.15, -0.1) is 0 Å². The van der Waals surface area contributed by atoms with E-state index in [0.29, 0.717) is 30.1 Å². The molecule has 2 heterocycles. The van der Waals surface area contributed by atoms with E-state index in [4.69, 9.17) is 4.74 Å². The molecule has 2 aliphatic rings. The van der Waals surface area contributed by atoms with Crippen LogP contribution in [0.2, 0.25) is 0 Å². The number of ether oxygens (including phenoxy) is 1. The summed E-state index contributed by atoms with van der Waals surface area (Å²) in [6.45, 7) is 5.84. The molecule has 0 aliphatic carbocycles. The fraction of sp³-hybridized carbons (Fsp3) is 0.556. The van der Waals surface area contributed by atoms with Crippen molar-refractivity contribution in [1.29, 1.82) is 0 Å². The average Bonchev–Trinajstić information content (AvgIpc) is 2.90. The Kier molecular flexibility index (Phi) is 4.86. The van der Waals surface area contributed by atoms with Crippen LogP contribution in [-0.2, 0) is 11.2 Å². The molecule has 3 rings (SSSR count). The van der Waals surface area contributed by atoms with Gasteiger partial charge in [0, 0.05) is 25.6 Å². The Morgan fingerprint density at radius 1 is 1.31 bits per heavy atom. The SMILES string of the molecule is CC(C)(C)OC(=O)N[C@@H]1CN(C2=Nc3cc(F)c(F)cc3C2)CC[C@@H]1F. The number of amidine groups is 1. The molecule has 0 unspecified atom stereocenters. The van der Waals surface area contributed by atoms with Gasteiger partial charge >= 0.3 is 6.09 Å². The molecule has 1 fully saturated rings. The molecular weight excluding hydrogens is 347 g/mol. The largest absolute Gasteiger partial charge is 0.444 e. The van der Waals surface area contributed by atoms with Gasteiger partial charge in [0.1, 0.15) is 17.6 Å². The van der Waals surface area contributed by atoms with Crippen molar-refractivity contribution in [3.8, 4) is 0 Å². The van der Waals surface area contributed by atoms with Crippen molar-refractivity contribution < 1.29 is 22.7 Å². The van der Waals surface area contributed by atoms with Gasteiger partial charge in [0.15, 0.2) is 11.6 Å². The monoisotopic (exact) mass is 369 g/mol. The normalized spacial score (nSPS) is 22.7. The van der Waals surface area contributed by atoms with E-state index >= 15 is 0 Å². The van der Waals surface area contributed by atoms with Crippen LogP contribution in [0.4, 0.5) is 23.7 Å². The van der Waals surface area contributed by atoms with Gasteiger partial charge in [-0.3, -0.25) is 0 Å². The van der Waals surface area contributed by atoms with Crippen molar-refractivity contribution in [2.75, 3.05) is 13.1 Å². The molecule has 1 N–H and O–H groups in total. The van der Waals surface area contributed by atoms with Gasteiger partial charge in [-0.25, -0.2) is 23.0 Å². The third-order valence-electron chi connectivity index (χ3n) is 4.32. The van der Waals surface area contributed by atoms with Crippen molar-refractivity contribution in [1.82, 2.24) is 10.2 Å². The van der Waals surface area contributed by atoms with Gasteiger partial charge in [0.05, 0.1) is 11.7 Å². The van der Waals surface area contributed by atoms with Crippen LogP contribution in [0.3, 0.4) is 0 Å². The molecule has 0 radical (unpaired) electrons. The van der Waals surface area contributed by atoms with Gasteiger partial charge in [-0.1, -0.05) is 0 Å². The Balaban J connectivity index is 1.67. The van der Waals surface area contributed by atoms with Gasteiger partial charge in [-0.05, 0) is 38.8 Å². The number of rotatable bonds is 1. The van der Waals surface area contributed by atoms with E-state index in [1.54, 1.807) is 20.8 Å². The molecule has 0 bridgehead atoms. The van der Waals surface area contributed by atoms with Crippen molar-refractivity contribution in [3.63, 3.8) is 0 Å². The number of piperidine rings is 1. The number of benzene rings is 1. The minimum absolute atomic E-state index is 0.220. The van der Waals surface area contributed by atoms with Gasteiger partial charge in [-0.2, -0.15) is 0 Å². The number of nitrogens with one attached hydrogen (secondary N) is 1. The number of carbonyl (C=O) groups excluding carboxylic acids is 1. The molecule has 1 saturated heterocycles. The summed E-state index contributed by atoms with van der Waals surface area (Å²) in [6, 6.07) is 1.47. The second-order valence-corrected chi connectivity index (χ2v) is 7.60. The summed E-state index contributed by atoms with van der Waals surface area (Å²) < 4.78 is 46.2. The maximum absolute atomic E-state index is 14.2. The zero-order chi connectivity index (χ0) is 19.1. The number of halogens is 3. The smallest absolute Gasteiger partial charge is 0.408 e. The lowest BCUT2D eigenvalue weighted by Crippen LogP contribution is -2.55. The number of amides is 1. The number of nitrogens with zero attached hydrogens (tertiary/aromatic N) is 2. The van der Waals surface area contributed by atoms with Crippen molar-refractivity contribution >= 4 is 17.6 Å². The Morgan fingerprint density at radius 3 is 2.69 bits per heavy atom. The van der Waals surface area contributed by atoms with Crippen molar-refractivity contribution in [2.45, 2.75) is 51.4 Å². The molecule has 5 nitrogen and oxygen atoms in total. The number of hydrogen-bond donors (Lipinski definition) is 1. The van der Waals surface area contributed by atoms with Crippen LogP contribution in [0.1, 0.15) is 32.8 Å². The lowest BCUT2D eigenvalue weighted by atomic mass is 10.0. The predicted octanol–water partition coefficient (Wildman–Crippen LogP) is 3.49. The van der Waals surface area contributed by atoms with Gasteiger partial charge in [0.25, 0.3) is 0 Å². The highest BCUT2D eigenvalue weighted by atomic mass is 19.2. The number of carbonyl (C=O) groups is 1. The fourth-order valence-corrected chi connectivity index (χ4v) is 3.11. The highest BCUT2D eigenvalue weighted by molar-refractivity contribution is 5.92. The second kappa shape index (κ2) is 6.81. The van der Waals surface area contributed by atoms with Gasteiger partial charge < -0.3 is 15.0 Å². The number of fused-ring (bicyclic) bond motifs is 1. The highest BCUT2D eigenvalue weighted by Gasteiger charge is 2.34. The summed E-state index contributed by atoms with van der Waals surface area (Å²) in [4.78, 5) is 18.1. The zero-order valence-corrected chi connectivity index (χ0v) is 15.0. The molecule has 1 aromatic carbocycles. The molecular formula is C18H22F3N3O2. The summed E-state index contributed by atoms with van der Waals surface area (Å²) in [5.74, 6) is -1.24. The number of alkyl carbamates (subject to hydrolysis) is 1. The molecule has 0 saturated carbocycles. The molecule has 2 aliphatic heterocycles.